The first-order valence-electron chi connectivity index (χ1n) is 7.74. The van der Waals surface area contributed by atoms with E-state index in [0.29, 0.717) is 5.69 Å². The Kier molecular flexibility index (Phi) is 6.76. The second kappa shape index (κ2) is 9.02. The maximum atomic E-state index is 12.3. The Morgan fingerprint density at radius 3 is 2.23 bits per heavy atom. The smallest absolute Gasteiger partial charge is 0.283 e. The van der Waals surface area contributed by atoms with Crippen LogP contribution in [-0.2, 0) is 4.79 Å². The quantitative estimate of drug-likeness (QED) is 0.368. The Morgan fingerprint density at radius 1 is 1.04 bits per heavy atom. The molecular formula is C18H19N5OS2. The highest BCUT2D eigenvalue weighted by molar-refractivity contribution is 7.82. The number of benzene rings is 2. The molecule has 0 fully saturated rings. The lowest BCUT2D eigenvalue weighted by Crippen LogP contribution is -2.28. The van der Waals surface area contributed by atoms with Crippen molar-refractivity contribution >= 4 is 58.0 Å². The summed E-state index contributed by atoms with van der Waals surface area (Å²) in [6, 6.07) is 13.0. The van der Waals surface area contributed by atoms with Gasteiger partial charge in [0.25, 0.3) is 5.91 Å². The molecular weight excluding hydrogens is 366 g/mol. The molecule has 0 radical (unpaired) electrons. The van der Waals surface area contributed by atoms with E-state index in [0.717, 1.165) is 22.4 Å². The van der Waals surface area contributed by atoms with Crippen molar-refractivity contribution in [1.29, 1.82) is 0 Å². The fourth-order valence-electron chi connectivity index (χ4n) is 2.19. The Balaban J connectivity index is 1.97. The Morgan fingerprint density at radius 2 is 1.65 bits per heavy atom. The van der Waals surface area contributed by atoms with Crippen LogP contribution in [0.2, 0.25) is 0 Å². The Hall–Kier alpha value is -2.84. The van der Waals surface area contributed by atoms with Crippen LogP contribution in [0.5, 0.6) is 0 Å². The van der Waals surface area contributed by atoms with Crippen molar-refractivity contribution in [2.75, 3.05) is 10.6 Å². The van der Waals surface area contributed by atoms with Crippen molar-refractivity contribution in [2.24, 2.45) is 10.8 Å². The van der Waals surface area contributed by atoms with E-state index in [4.69, 9.17) is 18.0 Å². The van der Waals surface area contributed by atoms with Crippen molar-refractivity contribution in [2.45, 2.75) is 13.8 Å². The van der Waals surface area contributed by atoms with Crippen molar-refractivity contribution in [3.8, 4) is 0 Å². The molecule has 0 unspecified atom stereocenters. The van der Waals surface area contributed by atoms with Crippen LogP contribution in [0.3, 0.4) is 0 Å². The van der Waals surface area contributed by atoms with E-state index in [1.165, 1.54) is 0 Å². The van der Waals surface area contributed by atoms with Crippen LogP contribution in [0.15, 0.2) is 47.6 Å². The first-order chi connectivity index (χ1) is 12.4. The number of nitrogens with one attached hydrogen (secondary N) is 3. The molecule has 0 bridgehead atoms. The fraction of sp³-hybridized carbons (Fsp3) is 0.111. The van der Waals surface area contributed by atoms with Gasteiger partial charge in [0.1, 0.15) is 0 Å². The van der Waals surface area contributed by atoms with E-state index in [1.54, 1.807) is 18.3 Å². The van der Waals surface area contributed by atoms with Gasteiger partial charge < -0.3 is 16.4 Å². The lowest BCUT2D eigenvalue weighted by molar-refractivity contribution is -0.110. The van der Waals surface area contributed by atoms with Gasteiger partial charge >= 0.3 is 0 Å². The minimum absolute atomic E-state index is 0.0872. The standard InChI is InChI=1S/C18H19N5OS2/c1-11-4-3-5-12(2)15(11)22-16(24)17(25)21-14-8-6-13(7-9-14)10-20-23-18(19)26/h3-10H,1-2H3,(H,21,25)(H,22,24)(H3,19,23,26). The molecule has 134 valence electrons. The molecule has 0 atom stereocenters. The molecule has 0 saturated heterocycles. The molecule has 2 aromatic carbocycles. The number of hydrogen-bond acceptors (Lipinski definition) is 4. The number of carbonyl (C=O) groups is 1. The molecule has 2 aromatic rings. The summed E-state index contributed by atoms with van der Waals surface area (Å²) in [7, 11) is 0. The average molecular weight is 386 g/mol. The molecule has 0 saturated carbocycles. The maximum absolute atomic E-state index is 12.3. The van der Waals surface area contributed by atoms with Crippen LogP contribution < -0.4 is 21.8 Å². The highest BCUT2D eigenvalue weighted by atomic mass is 32.1. The number of para-hydroxylation sites is 1. The summed E-state index contributed by atoms with van der Waals surface area (Å²) in [5.74, 6) is -0.358. The van der Waals surface area contributed by atoms with Crippen molar-refractivity contribution in [1.82, 2.24) is 5.43 Å². The molecule has 6 nitrogen and oxygen atoms in total. The molecule has 2 rings (SSSR count). The van der Waals surface area contributed by atoms with Gasteiger partial charge in [-0.05, 0) is 54.9 Å². The van der Waals surface area contributed by atoms with Crippen molar-refractivity contribution in [3.63, 3.8) is 0 Å². The molecule has 0 spiro atoms. The summed E-state index contributed by atoms with van der Waals surface area (Å²) in [5, 5.41) is 9.74. The Labute approximate surface area is 162 Å². The summed E-state index contributed by atoms with van der Waals surface area (Å²) in [6.45, 7) is 3.87. The topological polar surface area (TPSA) is 91.5 Å². The molecule has 0 aliphatic carbocycles. The van der Waals surface area contributed by atoms with Gasteiger partial charge in [-0.25, -0.2) is 0 Å². The predicted molar refractivity (Wildman–Crippen MR) is 115 cm³/mol. The summed E-state index contributed by atoms with van der Waals surface area (Å²) in [5.41, 5.74) is 12.0. The minimum Gasteiger partial charge on any atom is -0.375 e. The molecule has 0 heterocycles. The number of amides is 1. The van der Waals surface area contributed by atoms with Crippen LogP contribution in [0.4, 0.5) is 11.4 Å². The number of rotatable bonds is 4. The van der Waals surface area contributed by atoms with Gasteiger partial charge in [0.15, 0.2) is 10.1 Å². The second-order valence-electron chi connectivity index (χ2n) is 5.53. The number of nitrogens with zero attached hydrogens (tertiary/aromatic N) is 1. The van der Waals surface area contributed by atoms with E-state index < -0.39 is 0 Å². The average Bonchev–Trinajstić information content (AvgIpc) is 2.59. The van der Waals surface area contributed by atoms with Gasteiger partial charge in [0.2, 0.25) is 0 Å². The van der Waals surface area contributed by atoms with Gasteiger partial charge in [0, 0.05) is 11.4 Å². The minimum atomic E-state index is -0.358. The lowest BCUT2D eigenvalue weighted by atomic mass is 10.1. The van der Waals surface area contributed by atoms with Crippen LogP contribution >= 0.6 is 24.4 Å². The molecule has 1 amide bonds. The predicted octanol–water partition coefficient (Wildman–Crippen LogP) is 2.85. The van der Waals surface area contributed by atoms with Crippen LogP contribution in [0, 0.1) is 13.8 Å². The number of carbonyl (C=O) groups excluding carboxylic acids is 1. The number of thiocarbonyl (C=S) groups is 2. The molecule has 0 aliphatic heterocycles. The highest BCUT2D eigenvalue weighted by Gasteiger charge is 2.12. The van der Waals surface area contributed by atoms with Crippen molar-refractivity contribution in [3.05, 3.63) is 59.2 Å². The molecule has 26 heavy (non-hydrogen) atoms. The zero-order valence-corrected chi connectivity index (χ0v) is 16.0. The molecule has 5 N–H and O–H groups in total. The number of hydrogen-bond donors (Lipinski definition) is 4. The first kappa shape index (κ1) is 19.5. The third kappa shape index (κ3) is 5.61. The van der Waals surface area contributed by atoms with Crippen molar-refractivity contribution < 1.29 is 4.79 Å². The molecule has 8 heteroatoms. The zero-order chi connectivity index (χ0) is 19.1. The summed E-state index contributed by atoms with van der Waals surface area (Å²) >= 11 is 9.85. The lowest BCUT2D eigenvalue weighted by Gasteiger charge is -2.13. The Bertz CT molecular complexity index is 842. The van der Waals surface area contributed by atoms with E-state index in [-0.39, 0.29) is 16.0 Å². The van der Waals surface area contributed by atoms with Gasteiger partial charge in [-0.15, -0.1) is 0 Å². The van der Waals surface area contributed by atoms with Gasteiger partial charge in [-0.1, -0.05) is 42.5 Å². The molecule has 0 aromatic heterocycles. The highest BCUT2D eigenvalue weighted by Crippen LogP contribution is 2.19. The third-order valence-electron chi connectivity index (χ3n) is 3.48. The van der Waals surface area contributed by atoms with E-state index in [9.17, 15) is 4.79 Å². The van der Waals surface area contributed by atoms with Crippen LogP contribution in [0.25, 0.3) is 0 Å². The number of nitrogens with two attached hydrogens (primary N) is 1. The van der Waals surface area contributed by atoms with Crippen LogP contribution in [-0.4, -0.2) is 22.2 Å². The SMILES string of the molecule is Cc1cccc(C)c1NC(=O)C(=S)Nc1ccc(C=NNC(N)=S)cc1. The summed E-state index contributed by atoms with van der Waals surface area (Å²) < 4.78 is 0. The summed E-state index contributed by atoms with van der Waals surface area (Å²) in [4.78, 5) is 12.4. The number of aryl methyl sites for hydroxylation is 2. The monoisotopic (exact) mass is 385 g/mol. The van der Waals surface area contributed by atoms with E-state index >= 15 is 0 Å². The number of anilines is 2. The zero-order valence-electron chi connectivity index (χ0n) is 14.4. The normalized spacial score (nSPS) is 10.4. The second-order valence-corrected chi connectivity index (χ2v) is 6.38. The van der Waals surface area contributed by atoms with Crippen LogP contribution in [0.1, 0.15) is 16.7 Å². The van der Waals surface area contributed by atoms with E-state index in [1.807, 2.05) is 44.2 Å². The van der Waals surface area contributed by atoms with Gasteiger partial charge in [-0.2, -0.15) is 5.10 Å². The van der Waals surface area contributed by atoms with Gasteiger partial charge in [0.05, 0.1) is 6.21 Å². The van der Waals surface area contributed by atoms with Gasteiger partial charge in [-0.3, -0.25) is 10.2 Å². The van der Waals surface area contributed by atoms with E-state index in [2.05, 4.69) is 33.4 Å². The maximum Gasteiger partial charge on any atom is 0.283 e. The largest absolute Gasteiger partial charge is 0.375 e. The summed E-state index contributed by atoms with van der Waals surface area (Å²) in [6.07, 6.45) is 1.58. The fourth-order valence-corrected chi connectivity index (χ4v) is 2.41. The third-order valence-corrected chi connectivity index (χ3v) is 3.86. The molecule has 0 aliphatic rings. The first-order valence-corrected chi connectivity index (χ1v) is 8.55. The number of hydrazone groups is 1.